The van der Waals surface area contributed by atoms with Crippen LogP contribution in [0.1, 0.15) is 30.1 Å². The normalized spacial score (nSPS) is 11.7. The average Bonchev–Trinajstić information content (AvgIpc) is 3.52. The molecule has 0 spiro atoms. The van der Waals surface area contributed by atoms with E-state index in [0.717, 1.165) is 5.56 Å². The Morgan fingerprint density at radius 3 is 2.59 bits per heavy atom. The van der Waals surface area contributed by atoms with Gasteiger partial charge in [-0.25, -0.2) is 4.98 Å². The zero-order valence-corrected chi connectivity index (χ0v) is 19.8. The van der Waals surface area contributed by atoms with E-state index in [2.05, 4.69) is 20.5 Å². The van der Waals surface area contributed by atoms with Crippen molar-refractivity contribution in [2.45, 2.75) is 26.4 Å². The zero-order valence-electron chi connectivity index (χ0n) is 19.0. The van der Waals surface area contributed by atoms with Crippen LogP contribution in [0.15, 0.2) is 58.5 Å². The summed E-state index contributed by atoms with van der Waals surface area (Å²) < 4.78 is 22.7. The molecule has 2 aromatic carbocycles. The molecule has 34 heavy (non-hydrogen) atoms. The maximum absolute atomic E-state index is 12.8. The van der Waals surface area contributed by atoms with Gasteiger partial charge in [-0.3, -0.25) is 10.1 Å². The summed E-state index contributed by atoms with van der Waals surface area (Å²) in [4.78, 5) is 16.9. The van der Waals surface area contributed by atoms with Crippen molar-refractivity contribution in [1.29, 1.82) is 0 Å². The van der Waals surface area contributed by atoms with Crippen molar-refractivity contribution in [3.05, 3.63) is 65.5 Å². The Morgan fingerprint density at radius 1 is 1.12 bits per heavy atom. The van der Waals surface area contributed by atoms with E-state index >= 15 is 0 Å². The highest BCUT2D eigenvalue weighted by Gasteiger charge is 2.14. The quantitative estimate of drug-likeness (QED) is 0.329. The molecule has 1 N–H and O–H groups in total. The maximum atomic E-state index is 12.8. The summed E-state index contributed by atoms with van der Waals surface area (Å²) in [5, 5.41) is 13.1. The molecular formula is C24H24N4O5S. The molecule has 0 saturated carbocycles. The maximum Gasteiger partial charge on any atom is 0.257 e. The van der Waals surface area contributed by atoms with Crippen molar-refractivity contribution in [3.8, 4) is 28.7 Å². The SMILES string of the molecule is CCc1nnc(-c2ccc(Oc3cc(OC(C)COC)cc(C(=O)Nc4nccs4)c3)cc2)o1. The second-order valence-electron chi connectivity index (χ2n) is 7.35. The first kappa shape index (κ1) is 23.4. The number of ether oxygens (including phenoxy) is 3. The Labute approximate surface area is 200 Å². The number of amides is 1. The first-order chi connectivity index (χ1) is 16.5. The molecule has 0 radical (unpaired) electrons. The number of carbonyl (C=O) groups excluding carboxylic acids is 1. The molecule has 1 atom stereocenters. The molecule has 1 unspecified atom stereocenters. The lowest BCUT2D eigenvalue weighted by Gasteiger charge is -2.16. The molecule has 10 heteroatoms. The van der Waals surface area contributed by atoms with Crippen LogP contribution in [0.25, 0.3) is 11.5 Å². The van der Waals surface area contributed by atoms with Gasteiger partial charge in [-0.15, -0.1) is 21.5 Å². The molecule has 0 aliphatic carbocycles. The van der Waals surface area contributed by atoms with Gasteiger partial charge in [-0.05, 0) is 43.3 Å². The molecular weight excluding hydrogens is 456 g/mol. The molecule has 9 nitrogen and oxygen atoms in total. The van der Waals surface area contributed by atoms with Crippen LogP contribution in [0, 0.1) is 0 Å². The fraction of sp³-hybridized carbons (Fsp3) is 0.250. The van der Waals surface area contributed by atoms with Crippen LogP contribution in [0.5, 0.6) is 17.2 Å². The lowest BCUT2D eigenvalue weighted by atomic mass is 10.1. The summed E-state index contributed by atoms with van der Waals surface area (Å²) in [6, 6.07) is 12.3. The van der Waals surface area contributed by atoms with Crippen molar-refractivity contribution in [2.24, 2.45) is 0 Å². The second kappa shape index (κ2) is 10.9. The number of hydrogen-bond donors (Lipinski definition) is 1. The summed E-state index contributed by atoms with van der Waals surface area (Å²) in [5.41, 5.74) is 1.16. The van der Waals surface area contributed by atoms with E-state index in [1.807, 2.05) is 26.0 Å². The van der Waals surface area contributed by atoms with E-state index in [0.29, 0.717) is 52.8 Å². The first-order valence-corrected chi connectivity index (χ1v) is 11.5. The number of methoxy groups -OCH3 is 1. The second-order valence-corrected chi connectivity index (χ2v) is 8.24. The summed E-state index contributed by atoms with van der Waals surface area (Å²) in [7, 11) is 1.60. The van der Waals surface area contributed by atoms with Gasteiger partial charge >= 0.3 is 0 Å². The molecule has 0 aliphatic rings. The fourth-order valence-electron chi connectivity index (χ4n) is 3.10. The van der Waals surface area contributed by atoms with E-state index in [1.165, 1.54) is 11.3 Å². The number of thiazole rings is 1. The molecule has 2 aromatic heterocycles. The highest BCUT2D eigenvalue weighted by molar-refractivity contribution is 7.13. The average molecular weight is 481 g/mol. The minimum Gasteiger partial charge on any atom is -0.488 e. The smallest absolute Gasteiger partial charge is 0.257 e. The summed E-state index contributed by atoms with van der Waals surface area (Å²) in [6.45, 7) is 4.24. The van der Waals surface area contributed by atoms with Crippen molar-refractivity contribution >= 4 is 22.4 Å². The van der Waals surface area contributed by atoms with Gasteiger partial charge in [0, 0.05) is 42.3 Å². The Bertz CT molecular complexity index is 1220. The number of hydrogen-bond acceptors (Lipinski definition) is 9. The van der Waals surface area contributed by atoms with Crippen LogP contribution in [0.3, 0.4) is 0 Å². The minimum absolute atomic E-state index is 0.211. The van der Waals surface area contributed by atoms with Gasteiger partial charge in [0.05, 0.1) is 6.61 Å². The van der Waals surface area contributed by atoms with E-state index < -0.39 is 0 Å². The molecule has 4 rings (SSSR count). The minimum atomic E-state index is -0.317. The lowest BCUT2D eigenvalue weighted by Crippen LogP contribution is -2.18. The summed E-state index contributed by atoms with van der Waals surface area (Å²) >= 11 is 1.34. The Hall–Kier alpha value is -3.76. The third kappa shape index (κ3) is 5.97. The van der Waals surface area contributed by atoms with Crippen LogP contribution in [0.2, 0.25) is 0 Å². The van der Waals surface area contributed by atoms with E-state index in [1.54, 1.807) is 49.0 Å². The first-order valence-electron chi connectivity index (χ1n) is 10.7. The molecule has 0 saturated heterocycles. The van der Waals surface area contributed by atoms with E-state index in [-0.39, 0.29) is 12.0 Å². The number of benzene rings is 2. The third-order valence-electron chi connectivity index (χ3n) is 4.64. The fourth-order valence-corrected chi connectivity index (χ4v) is 3.62. The largest absolute Gasteiger partial charge is 0.488 e. The van der Waals surface area contributed by atoms with Gasteiger partial charge in [-0.2, -0.15) is 0 Å². The molecule has 2 heterocycles. The number of aromatic nitrogens is 3. The molecule has 0 fully saturated rings. The third-order valence-corrected chi connectivity index (χ3v) is 5.33. The predicted molar refractivity (Wildman–Crippen MR) is 128 cm³/mol. The standard InChI is InChI=1S/C24H24N4O5S/c1-4-21-27-28-23(33-21)16-5-7-18(8-6-16)32-20-12-17(22(29)26-24-25-9-10-34-24)11-19(13-20)31-15(2)14-30-3/h5-13,15H,4,14H2,1-3H3,(H,25,26,29). The predicted octanol–water partition coefficient (Wildman–Crippen LogP) is 5.21. The summed E-state index contributed by atoms with van der Waals surface area (Å²) in [6.07, 6.45) is 2.09. The number of rotatable bonds is 10. The molecule has 176 valence electrons. The van der Waals surface area contributed by atoms with Crippen LogP contribution in [-0.2, 0) is 11.2 Å². The summed E-state index contributed by atoms with van der Waals surface area (Å²) in [5.74, 6) is 2.23. The van der Waals surface area contributed by atoms with Crippen LogP contribution in [0.4, 0.5) is 5.13 Å². The highest BCUT2D eigenvalue weighted by Crippen LogP contribution is 2.30. The Morgan fingerprint density at radius 2 is 1.91 bits per heavy atom. The monoisotopic (exact) mass is 480 g/mol. The lowest BCUT2D eigenvalue weighted by molar-refractivity contribution is 0.0916. The topological polar surface area (TPSA) is 109 Å². The van der Waals surface area contributed by atoms with Crippen molar-refractivity contribution in [3.63, 3.8) is 0 Å². The van der Waals surface area contributed by atoms with Crippen LogP contribution < -0.4 is 14.8 Å². The van der Waals surface area contributed by atoms with Gasteiger partial charge in [0.2, 0.25) is 11.8 Å². The van der Waals surface area contributed by atoms with Gasteiger partial charge in [0.25, 0.3) is 5.91 Å². The van der Waals surface area contributed by atoms with E-state index in [4.69, 9.17) is 18.6 Å². The van der Waals surface area contributed by atoms with Gasteiger partial charge < -0.3 is 18.6 Å². The van der Waals surface area contributed by atoms with Crippen molar-refractivity contribution in [2.75, 3.05) is 19.0 Å². The zero-order chi connectivity index (χ0) is 23.9. The molecule has 1 amide bonds. The van der Waals surface area contributed by atoms with Gasteiger partial charge in [0.1, 0.15) is 23.4 Å². The number of aryl methyl sites for hydroxylation is 1. The van der Waals surface area contributed by atoms with Crippen molar-refractivity contribution < 1.29 is 23.4 Å². The van der Waals surface area contributed by atoms with Crippen LogP contribution in [-0.4, -0.2) is 40.9 Å². The number of nitrogens with zero attached hydrogens (tertiary/aromatic N) is 3. The number of anilines is 1. The highest BCUT2D eigenvalue weighted by atomic mass is 32.1. The molecule has 4 aromatic rings. The van der Waals surface area contributed by atoms with Gasteiger partial charge in [-0.1, -0.05) is 6.92 Å². The number of nitrogens with one attached hydrogen (secondary N) is 1. The number of carbonyl (C=O) groups is 1. The Kier molecular flexibility index (Phi) is 7.51. The molecule has 0 bridgehead atoms. The van der Waals surface area contributed by atoms with Gasteiger partial charge in [0.15, 0.2) is 5.13 Å². The van der Waals surface area contributed by atoms with E-state index in [9.17, 15) is 4.79 Å². The Balaban J connectivity index is 1.55. The van der Waals surface area contributed by atoms with Crippen molar-refractivity contribution in [1.82, 2.24) is 15.2 Å². The van der Waals surface area contributed by atoms with Crippen LogP contribution >= 0.6 is 11.3 Å². The molecule has 0 aliphatic heterocycles.